The lowest BCUT2D eigenvalue weighted by molar-refractivity contribution is 0.432. The molecule has 4 aromatic rings. The van der Waals surface area contributed by atoms with Crippen LogP contribution in [0.2, 0.25) is 0 Å². The fraction of sp³-hybridized carbons (Fsp3) is 0.200. The minimum Gasteiger partial charge on any atom is -0.494 e. The molecule has 0 aliphatic heterocycles. The summed E-state index contributed by atoms with van der Waals surface area (Å²) in [5.74, 6) is -0.230. The van der Waals surface area contributed by atoms with Crippen LogP contribution in [0.3, 0.4) is 0 Å². The van der Waals surface area contributed by atoms with Crippen LogP contribution in [-0.2, 0) is 21.1 Å². The Labute approximate surface area is 190 Å². The maximum Gasteiger partial charge on any atom is 0.332 e. The summed E-state index contributed by atoms with van der Waals surface area (Å²) in [6.07, 6.45) is 1.12. The van der Waals surface area contributed by atoms with E-state index in [2.05, 4.69) is 20.5 Å². The number of anilines is 1. The molecule has 0 radical (unpaired) electrons. The number of benzene rings is 1. The van der Waals surface area contributed by atoms with Crippen LogP contribution >= 0.6 is 12.2 Å². The lowest BCUT2D eigenvalue weighted by atomic mass is 10.2. The molecule has 4 rings (SSSR count). The number of rotatable bonds is 4. The van der Waals surface area contributed by atoms with Gasteiger partial charge in [-0.25, -0.2) is 10.2 Å². The van der Waals surface area contributed by atoms with E-state index in [-0.39, 0.29) is 33.3 Å². The normalized spacial score (nSPS) is 11.5. The van der Waals surface area contributed by atoms with Gasteiger partial charge in [0, 0.05) is 21.1 Å². The third kappa shape index (κ3) is 3.47. The first-order valence-electron chi connectivity index (χ1n) is 9.69. The van der Waals surface area contributed by atoms with Gasteiger partial charge >= 0.3 is 5.69 Å². The van der Waals surface area contributed by atoms with Gasteiger partial charge in [0.2, 0.25) is 11.8 Å². The number of aromatic hydroxyl groups is 1. The van der Waals surface area contributed by atoms with Crippen molar-refractivity contribution in [2.45, 2.75) is 6.92 Å². The average Bonchev–Trinajstić information content (AvgIpc) is 3.10. The van der Waals surface area contributed by atoms with E-state index < -0.39 is 16.8 Å². The molecule has 0 fully saturated rings. The van der Waals surface area contributed by atoms with Crippen LogP contribution in [0.4, 0.5) is 5.95 Å². The summed E-state index contributed by atoms with van der Waals surface area (Å²) in [5.41, 5.74) is 2.67. The fourth-order valence-corrected chi connectivity index (χ4v) is 3.74. The molecule has 3 aromatic heterocycles. The van der Waals surface area contributed by atoms with Gasteiger partial charge in [0.05, 0.1) is 11.9 Å². The number of nitrogens with one attached hydrogen (secondary N) is 2. The zero-order chi connectivity index (χ0) is 24.0. The van der Waals surface area contributed by atoms with Gasteiger partial charge in [0.25, 0.3) is 11.1 Å². The third-order valence-electron chi connectivity index (χ3n) is 5.31. The molecule has 3 N–H and O–H groups in total. The predicted molar refractivity (Wildman–Crippen MR) is 126 cm³/mol. The Morgan fingerprint density at radius 1 is 1.12 bits per heavy atom. The van der Waals surface area contributed by atoms with Crippen molar-refractivity contribution in [3.05, 3.63) is 71.4 Å². The smallest absolute Gasteiger partial charge is 0.332 e. The van der Waals surface area contributed by atoms with Crippen LogP contribution in [0.25, 0.3) is 16.9 Å². The molecule has 0 saturated heterocycles. The maximum atomic E-state index is 12.5. The summed E-state index contributed by atoms with van der Waals surface area (Å²) < 4.78 is 5.04. The van der Waals surface area contributed by atoms with Gasteiger partial charge in [-0.15, -0.1) is 0 Å². The van der Waals surface area contributed by atoms with Gasteiger partial charge in [-0.2, -0.15) is 10.1 Å². The molecule has 170 valence electrons. The summed E-state index contributed by atoms with van der Waals surface area (Å²) in [6, 6.07) is 7.23. The Balaban J connectivity index is 1.78. The van der Waals surface area contributed by atoms with E-state index in [0.29, 0.717) is 5.69 Å². The average molecular weight is 468 g/mol. The van der Waals surface area contributed by atoms with E-state index >= 15 is 0 Å². The number of hydrazone groups is 1. The molecule has 0 saturated carbocycles. The van der Waals surface area contributed by atoms with Gasteiger partial charge in [-0.05, 0) is 30.8 Å². The molecule has 3 heterocycles. The lowest BCUT2D eigenvalue weighted by Gasteiger charge is -2.13. The number of fused-ring (bicyclic) bond motifs is 1. The summed E-state index contributed by atoms with van der Waals surface area (Å²) in [7, 11) is 4.47. The summed E-state index contributed by atoms with van der Waals surface area (Å²) >= 11 is 5.23. The number of H-pyrrole nitrogens is 1. The molecule has 0 amide bonds. The van der Waals surface area contributed by atoms with E-state index in [1.54, 1.807) is 19.2 Å². The molecule has 33 heavy (non-hydrogen) atoms. The van der Waals surface area contributed by atoms with Crippen molar-refractivity contribution in [2.24, 2.45) is 26.2 Å². The number of hydrogen-bond donors (Lipinski definition) is 3. The first kappa shape index (κ1) is 22.0. The highest BCUT2D eigenvalue weighted by molar-refractivity contribution is 7.71. The molecular weight excluding hydrogens is 448 g/mol. The Hall–Kier alpha value is -4.26. The molecule has 0 bridgehead atoms. The molecule has 13 heteroatoms. The Morgan fingerprint density at radius 3 is 2.52 bits per heavy atom. The van der Waals surface area contributed by atoms with Crippen molar-refractivity contribution in [1.82, 2.24) is 28.2 Å². The SMILES string of the molecule is Cc1ccccc1-n1c(O)c(/C=N\Nc2nc3c(c(=O)n(C)c(=O)n3C)n2C)c(=O)[nH]c1=S. The molecule has 0 atom stereocenters. The largest absolute Gasteiger partial charge is 0.494 e. The number of aryl methyl sites for hydroxylation is 3. The number of nitrogens with zero attached hydrogens (tertiary/aromatic N) is 6. The van der Waals surface area contributed by atoms with Crippen LogP contribution in [0.1, 0.15) is 11.1 Å². The van der Waals surface area contributed by atoms with Gasteiger partial charge in [-0.3, -0.25) is 28.3 Å². The molecular formula is C20H20N8O4S. The van der Waals surface area contributed by atoms with Gasteiger partial charge in [0.1, 0.15) is 5.56 Å². The van der Waals surface area contributed by atoms with Crippen LogP contribution in [0.15, 0.2) is 43.8 Å². The molecule has 0 spiro atoms. The van der Waals surface area contributed by atoms with Gasteiger partial charge < -0.3 is 9.67 Å². The van der Waals surface area contributed by atoms with E-state index in [9.17, 15) is 19.5 Å². The van der Waals surface area contributed by atoms with E-state index in [0.717, 1.165) is 16.3 Å². The van der Waals surface area contributed by atoms with Crippen LogP contribution in [0, 0.1) is 11.7 Å². The second kappa shape index (κ2) is 8.02. The van der Waals surface area contributed by atoms with Crippen LogP contribution in [0.5, 0.6) is 5.88 Å². The lowest BCUT2D eigenvalue weighted by Crippen LogP contribution is -2.37. The number of aromatic amines is 1. The van der Waals surface area contributed by atoms with Gasteiger partial charge in [-0.1, -0.05) is 18.2 Å². The highest BCUT2D eigenvalue weighted by atomic mass is 32.1. The molecule has 12 nitrogen and oxygen atoms in total. The van der Waals surface area contributed by atoms with E-state index in [1.165, 1.54) is 27.8 Å². The van der Waals surface area contributed by atoms with Gasteiger partial charge in [0.15, 0.2) is 15.9 Å². The molecule has 0 aliphatic carbocycles. The van der Waals surface area contributed by atoms with Crippen molar-refractivity contribution in [3.8, 4) is 11.6 Å². The fourth-order valence-electron chi connectivity index (χ4n) is 3.47. The van der Waals surface area contributed by atoms with Crippen LogP contribution in [-0.4, -0.2) is 39.6 Å². The summed E-state index contributed by atoms with van der Waals surface area (Å²) in [4.78, 5) is 43.8. The van der Waals surface area contributed by atoms with Crippen molar-refractivity contribution in [1.29, 1.82) is 0 Å². The van der Waals surface area contributed by atoms with E-state index in [4.69, 9.17) is 12.2 Å². The number of hydrogen-bond acceptors (Lipinski definition) is 8. The number of para-hydroxylation sites is 1. The topological polar surface area (TPSA) is 144 Å². The van der Waals surface area contributed by atoms with E-state index in [1.807, 2.05) is 19.1 Å². The second-order valence-electron chi connectivity index (χ2n) is 7.36. The minimum absolute atomic E-state index is 0.0315. The molecule has 1 aromatic carbocycles. The molecule has 0 unspecified atom stereocenters. The highest BCUT2D eigenvalue weighted by Gasteiger charge is 2.17. The molecule has 0 aliphatic rings. The Bertz CT molecular complexity index is 1690. The second-order valence-corrected chi connectivity index (χ2v) is 7.75. The quantitative estimate of drug-likeness (QED) is 0.226. The zero-order valence-corrected chi connectivity index (χ0v) is 19.0. The third-order valence-corrected chi connectivity index (χ3v) is 5.60. The number of imidazole rings is 1. The zero-order valence-electron chi connectivity index (χ0n) is 18.2. The van der Waals surface area contributed by atoms with Crippen molar-refractivity contribution >= 4 is 35.5 Å². The highest BCUT2D eigenvalue weighted by Crippen LogP contribution is 2.21. The predicted octanol–water partition coefficient (Wildman–Crippen LogP) is 0.639. The summed E-state index contributed by atoms with van der Waals surface area (Å²) in [6.45, 7) is 1.85. The summed E-state index contributed by atoms with van der Waals surface area (Å²) in [5, 5.41) is 14.8. The Kier molecular flexibility index (Phi) is 5.33. The maximum absolute atomic E-state index is 12.5. The van der Waals surface area contributed by atoms with Crippen molar-refractivity contribution in [3.63, 3.8) is 0 Å². The van der Waals surface area contributed by atoms with Crippen LogP contribution < -0.4 is 22.2 Å². The standard InChI is InChI=1S/C20H20N8O4S/c1-10-7-5-6-8-12(10)28-16(30)11(15(29)23-19(28)33)9-21-24-18-22-14-13(25(18)2)17(31)27(4)20(32)26(14)3/h5-9,30H,1-4H3,(H,22,24)(H,23,29,33)/b21-9-. The monoisotopic (exact) mass is 468 g/mol. The first-order chi connectivity index (χ1) is 15.6. The minimum atomic E-state index is -0.630. The first-order valence-corrected chi connectivity index (χ1v) is 10.1. The van der Waals surface area contributed by atoms with Crippen molar-refractivity contribution in [2.75, 3.05) is 5.43 Å². The number of aromatic nitrogens is 6. The Morgan fingerprint density at radius 2 is 1.82 bits per heavy atom. The van der Waals surface area contributed by atoms with Crippen molar-refractivity contribution < 1.29 is 5.11 Å².